The van der Waals surface area contributed by atoms with Crippen LogP contribution >= 0.6 is 0 Å². The molecular weight excluding hydrogens is 392 g/mol. The Morgan fingerprint density at radius 1 is 0.967 bits per heavy atom. The van der Waals surface area contributed by atoms with Crippen molar-refractivity contribution < 1.29 is 29.3 Å². The lowest BCUT2D eigenvalue weighted by Gasteiger charge is -2.09. The number of hydrogen-bond donors (Lipinski definition) is 4. The number of nitrogens with two attached hydrogens (primary N) is 1. The van der Waals surface area contributed by atoms with E-state index in [0.717, 1.165) is 45.1 Å². The summed E-state index contributed by atoms with van der Waals surface area (Å²) in [5.41, 5.74) is 5.25. The van der Waals surface area contributed by atoms with Gasteiger partial charge in [0.15, 0.2) is 0 Å². The van der Waals surface area contributed by atoms with Crippen LogP contribution in [0.25, 0.3) is 0 Å². The van der Waals surface area contributed by atoms with Gasteiger partial charge in [-0.1, -0.05) is 6.58 Å². The van der Waals surface area contributed by atoms with Crippen LogP contribution in [0, 0.1) is 0 Å². The molecule has 0 aromatic carbocycles. The largest absolute Gasteiger partial charge is 0.463 e. The van der Waals surface area contributed by atoms with Crippen LogP contribution in [-0.2, 0) is 19.1 Å². The third-order valence-corrected chi connectivity index (χ3v) is 3.13. The van der Waals surface area contributed by atoms with Gasteiger partial charge in [-0.15, -0.1) is 0 Å². The SMILES string of the molecule is C=CC(=O)OCCO.CN(C)CCCN.CN(C)CCCNCCC(=O)OCCO. The van der Waals surface area contributed by atoms with Crippen LogP contribution in [0.15, 0.2) is 12.7 Å². The van der Waals surface area contributed by atoms with Crippen molar-refractivity contribution in [3.63, 3.8) is 0 Å². The zero-order valence-electron chi connectivity index (χ0n) is 19.3. The Bertz CT molecular complexity index is 395. The summed E-state index contributed by atoms with van der Waals surface area (Å²) in [5, 5.41) is 19.7. The molecule has 0 saturated carbocycles. The third kappa shape index (κ3) is 37.2. The lowest BCUT2D eigenvalue weighted by atomic mass is 10.3. The van der Waals surface area contributed by atoms with E-state index >= 15 is 0 Å². The Hall–Kier alpha value is -1.56. The van der Waals surface area contributed by atoms with Crippen LogP contribution in [0.3, 0.4) is 0 Å². The summed E-state index contributed by atoms with van der Waals surface area (Å²) in [6, 6.07) is 0. The number of aliphatic hydroxyl groups is 2. The second-order valence-corrected chi connectivity index (χ2v) is 6.64. The van der Waals surface area contributed by atoms with Gasteiger partial charge in [0.05, 0.1) is 19.6 Å². The van der Waals surface area contributed by atoms with E-state index in [1.54, 1.807) is 0 Å². The first kappa shape index (κ1) is 33.1. The van der Waals surface area contributed by atoms with E-state index in [-0.39, 0.29) is 32.4 Å². The molecule has 10 heteroatoms. The molecule has 180 valence electrons. The predicted molar refractivity (Wildman–Crippen MR) is 119 cm³/mol. The summed E-state index contributed by atoms with van der Waals surface area (Å²) in [7, 11) is 8.17. The third-order valence-electron chi connectivity index (χ3n) is 3.13. The smallest absolute Gasteiger partial charge is 0.330 e. The van der Waals surface area contributed by atoms with Crippen molar-refractivity contribution in [3.8, 4) is 0 Å². The van der Waals surface area contributed by atoms with E-state index in [9.17, 15) is 9.59 Å². The first-order valence-corrected chi connectivity index (χ1v) is 10.1. The minimum absolute atomic E-state index is 0.0465. The number of hydrogen-bond acceptors (Lipinski definition) is 10. The van der Waals surface area contributed by atoms with Crippen molar-refractivity contribution >= 4 is 11.9 Å². The fraction of sp³-hybridized carbons (Fsp3) is 0.800. The van der Waals surface area contributed by atoms with Crippen LogP contribution in [0.1, 0.15) is 19.3 Å². The number of carbonyl (C=O) groups excluding carboxylic acids is 2. The highest BCUT2D eigenvalue weighted by Crippen LogP contribution is 1.85. The van der Waals surface area contributed by atoms with E-state index in [1.165, 1.54) is 0 Å². The van der Waals surface area contributed by atoms with Gasteiger partial charge in [0.1, 0.15) is 13.2 Å². The fourth-order valence-corrected chi connectivity index (χ4v) is 1.68. The Balaban J connectivity index is -0.000000408. The number of ether oxygens (including phenoxy) is 2. The zero-order chi connectivity index (χ0) is 23.6. The highest BCUT2D eigenvalue weighted by Gasteiger charge is 2.00. The van der Waals surface area contributed by atoms with Crippen molar-refractivity contribution in [3.05, 3.63) is 12.7 Å². The topological polar surface area (TPSA) is 138 Å². The summed E-state index contributed by atoms with van der Waals surface area (Å²) in [6.45, 7) is 7.55. The Morgan fingerprint density at radius 3 is 1.93 bits per heavy atom. The molecule has 0 amide bonds. The molecule has 0 rings (SSSR count). The molecule has 0 atom stereocenters. The maximum atomic E-state index is 11.0. The molecule has 0 unspecified atom stereocenters. The minimum Gasteiger partial charge on any atom is -0.463 e. The van der Waals surface area contributed by atoms with E-state index in [2.05, 4.69) is 40.5 Å². The highest BCUT2D eigenvalue weighted by molar-refractivity contribution is 5.81. The normalized spacial score (nSPS) is 9.90. The van der Waals surface area contributed by atoms with Crippen LogP contribution in [0.2, 0.25) is 0 Å². The molecule has 0 fully saturated rings. The monoisotopic (exact) mass is 436 g/mol. The molecule has 0 aromatic heterocycles. The number of nitrogens with one attached hydrogen (secondary N) is 1. The number of aliphatic hydroxyl groups excluding tert-OH is 2. The van der Waals surface area contributed by atoms with Crippen LogP contribution in [0.4, 0.5) is 0 Å². The van der Waals surface area contributed by atoms with Crippen molar-refractivity contribution in [2.75, 3.05) is 87.3 Å². The summed E-state index contributed by atoms with van der Waals surface area (Å²) >= 11 is 0. The van der Waals surface area contributed by atoms with Gasteiger partial charge in [-0.25, -0.2) is 4.79 Å². The van der Waals surface area contributed by atoms with Gasteiger partial charge >= 0.3 is 11.9 Å². The van der Waals surface area contributed by atoms with Crippen molar-refractivity contribution in [1.29, 1.82) is 0 Å². The summed E-state index contributed by atoms with van der Waals surface area (Å²) in [6.07, 6.45) is 3.59. The molecule has 5 N–H and O–H groups in total. The van der Waals surface area contributed by atoms with Crippen LogP contribution in [0.5, 0.6) is 0 Å². The Kier molecular flexibility index (Phi) is 30.3. The average molecular weight is 437 g/mol. The van der Waals surface area contributed by atoms with Crippen molar-refractivity contribution in [1.82, 2.24) is 15.1 Å². The summed E-state index contributed by atoms with van der Waals surface area (Å²) in [5.74, 6) is -0.761. The second kappa shape index (κ2) is 27.4. The zero-order valence-corrected chi connectivity index (χ0v) is 19.3. The molecule has 10 nitrogen and oxygen atoms in total. The Morgan fingerprint density at radius 2 is 1.50 bits per heavy atom. The van der Waals surface area contributed by atoms with E-state index in [4.69, 9.17) is 20.7 Å². The summed E-state index contributed by atoms with van der Waals surface area (Å²) in [4.78, 5) is 25.3. The van der Waals surface area contributed by atoms with Gasteiger partial charge in [0, 0.05) is 12.6 Å². The molecule has 0 aromatic rings. The second-order valence-electron chi connectivity index (χ2n) is 6.64. The average Bonchev–Trinajstić information content (AvgIpc) is 2.72. The lowest BCUT2D eigenvalue weighted by molar-refractivity contribution is -0.144. The van der Waals surface area contributed by atoms with Gasteiger partial charge < -0.3 is 40.5 Å². The minimum atomic E-state index is -0.501. The van der Waals surface area contributed by atoms with E-state index in [0.29, 0.717) is 13.0 Å². The maximum absolute atomic E-state index is 11.0. The molecule has 0 aliphatic heterocycles. The van der Waals surface area contributed by atoms with Crippen molar-refractivity contribution in [2.24, 2.45) is 5.73 Å². The first-order chi connectivity index (χ1) is 14.2. The van der Waals surface area contributed by atoms with Gasteiger partial charge in [-0.05, 0) is 67.2 Å². The first-order valence-electron chi connectivity index (χ1n) is 10.1. The van der Waals surface area contributed by atoms with Crippen LogP contribution in [-0.4, -0.2) is 119 Å². The van der Waals surface area contributed by atoms with Gasteiger partial charge in [0.25, 0.3) is 0 Å². The van der Waals surface area contributed by atoms with Gasteiger partial charge in [0.2, 0.25) is 0 Å². The predicted octanol–water partition coefficient (Wildman–Crippen LogP) is -0.942. The van der Waals surface area contributed by atoms with Gasteiger partial charge in [-0.3, -0.25) is 4.79 Å². The molecule has 0 aliphatic rings. The quantitative estimate of drug-likeness (QED) is 0.144. The summed E-state index contributed by atoms with van der Waals surface area (Å²) < 4.78 is 9.03. The fourth-order valence-electron chi connectivity index (χ4n) is 1.68. The van der Waals surface area contributed by atoms with Crippen LogP contribution < -0.4 is 11.1 Å². The molecule has 30 heavy (non-hydrogen) atoms. The van der Waals surface area contributed by atoms with Gasteiger partial charge in [-0.2, -0.15) is 0 Å². The van der Waals surface area contributed by atoms with E-state index < -0.39 is 5.97 Å². The molecular formula is C20H44N4O6. The standard InChI is InChI=1S/C10H22N2O3.C5H14N2.C5H8O3/c1-12(2)7-3-5-11-6-4-10(14)15-9-8-13;1-7(2)5-3-4-6;1-2-5(7)8-4-3-6/h11,13H,3-9H2,1-2H3;3-6H2,1-2H3;2,6H,1,3-4H2. The van der Waals surface area contributed by atoms with Crippen molar-refractivity contribution in [2.45, 2.75) is 19.3 Å². The number of nitrogens with zero attached hydrogens (tertiary/aromatic N) is 2. The molecule has 0 heterocycles. The van der Waals surface area contributed by atoms with E-state index in [1.807, 2.05) is 14.1 Å². The maximum Gasteiger partial charge on any atom is 0.330 e. The Labute approximate surface area is 182 Å². The molecule has 0 saturated heterocycles. The number of esters is 2. The highest BCUT2D eigenvalue weighted by atomic mass is 16.5. The molecule has 0 aliphatic carbocycles. The molecule has 0 radical (unpaired) electrons. The molecule has 0 bridgehead atoms. The number of rotatable bonds is 15. The molecule has 0 spiro atoms. The number of carbonyl (C=O) groups is 2. The lowest BCUT2D eigenvalue weighted by Crippen LogP contribution is -2.24.